The highest BCUT2D eigenvalue weighted by Gasteiger charge is 2.47. The first-order valence-corrected chi connectivity index (χ1v) is 13.9. The van der Waals surface area contributed by atoms with Crippen molar-refractivity contribution >= 4 is 39.8 Å². The number of nitrogens with zero attached hydrogens (tertiary/aromatic N) is 7. The summed E-state index contributed by atoms with van der Waals surface area (Å²) in [7, 11) is 0. The van der Waals surface area contributed by atoms with Crippen LogP contribution in [-0.4, -0.2) is 68.5 Å². The Morgan fingerprint density at radius 3 is 2.76 bits per heavy atom. The van der Waals surface area contributed by atoms with Crippen LogP contribution in [0.3, 0.4) is 0 Å². The van der Waals surface area contributed by atoms with E-state index in [0.29, 0.717) is 5.65 Å². The van der Waals surface area contributed by atoms with Gasteiger partial charge in [-0.25, -0.2) is 19.9 Å². The molecule has 1 spiro atoms. The fraction of sp³-hybridized carbons (Fsp3) is 0.500. The molecule has 37 heavy (non-hydrogen) atoms. The second kappa shape index (κ2) is 8.71. The molecule has 2 atom stereocenters. The Morgan fingerprint density at radius 1 is 1.14 bits per heavy atom. The van der Waals surface area contributed by atoms with Crippen molar-refractivity contribution in [1.82, 2.24) is 30.1 Å². The van der Waals surface area contributed by atoms with E-state index in [9.17, 15) is 0 Å². The largest absolute Gasteiger partial charge is 0.376 e. The number of rotatable bonds is 3. The van der Waals surface area contributed by atoms with Crippen LogP contribution in [0.5, 0.6) is 0 Å². The highest BCUT2D eigenvalue weighted by Crippen LogP contribution is 2.42. The number of pyridine rings is 1. The minimum Gasteiger partial charge on any atom is -0.376 e. The fourth-order valence-corrected chi connectivity index (χ4v) is 6.77. The molecule has 11 heteroatoms. The van der Waals surface area contributed by atoms with Crippen molar-refractivity contribution in [1.29, 1.82) is 0 Å². The average Bonchev–Trinajstić information content (AvgIpc) is 3.63. The molecular weight excluding hydrogens is 486 g/mol. The molecule has 3 aliphatic rings. The van der Waals surface area contributed by atoms with Crippen molar-refractivity contribution in [3.05, 3.63) is 35.1 Å². The summed E-state index contributed by atoms with van der Waals surface area (Å²) in [6, 6.07) is 4.29. The molecule has 0 aromatic carbocycles. The molecule has 10 nitrogen and oxygen atoms in total. The summed E-state index contributed by atoms with van der Waals surface area (Å²) < 4.78 is 5.88. The summed E-state index contributed by atoms with van der Waals surface area (Å²) in [5.74, 6) is 1.68. The quantitative estimate of drug-likeness (QED) is 0.420. The number of piperidine rings is 1. The predicted molar refractivity (Wildman–Crippen MR) is 144 cm³/mol. The molecule has 0 unspecified atom stereocenters. The minimum atomic E-state index is 0.0859. The molecule has 0 aliphatic carbocycles. The van der Waals surface area contributed by atoms with Gasteiger partial charge in [0.15, 0.2) is 17.0 Å². The maximum atomic E-state index is 6.50. The molecule has 3 N–H and O–H groups in total. The lowest BCUT2D eigenvalue weighted by Crippen LogP contribution is -2.50. The summed E-state index contributed by atoms with van der Waals surface area (Å²) in [5.41, 5.74) is 11.1. The number of H-pyrrole nitrogens is 1. The zero-order valence-electron chi connectivity index (χ0n) is 21.1. The Labute approximate surface area is 219 Å². The Kier molecular flexibility index (Phi) is 5.42. The van der Waals surface area contributed by atoms with E-state index in [1.165, 1.54) is 4.88 Å². The number of nitrogens with two attached hydrogens (primary N) is 1. The highest BCUT2D eigenvalue weighted by molar-refractivity contribution is 7.14. The van der Waals surface area contributed by atoms with E-state index in [1.54, 1.807) is 11.3 Å². The third-order valence-electron chi connectivity index (χ3n) is 8.30. The van der Waals surface area contributed by atoms with E-state index in [0.717, 1.165) is 91.2 Å². The van der Waals surface area contributed by atoms with E-state index < -0.39 is 0 Å². The summed E-state index contributed by atoms with van der Waals surface area (Å²) >= 11 is 1.67. The van der Waals surface area contributed by atoms with Crippen molar-refractivity contribution < 1.29 is 4.74 Å². The normalized spacial score (nSPS) is 23.2. The topological polar surface area (TPSA) is 122 Å². The maximum Gasteiger partial charge on any atom is 0.183 e. The number of aromatic amines is 1. The molecule has 4 aromatic heterocycles. The van der Waals surface area contributed by atoms with Crippen molar-refractivity contribution in [2.75, 3.05) is 36.0 Å². The van der Waals surface area contributed by atoms with Crippen LogP contribution in [0.4, 0.5) is 17.3 Å². The number of ether oxygens (including phenoxy) is 1. The molecule has 3 aliphatic heterocycles. The van der Waals surface area contributed by atoms with Crippen molar-refractivity contribution in [2.45, 2.75) is 51.7 Å². The number of hydrogen-bond donors (Lipinski definition) is 2. The number of aromatic nitrogens is 6. The van der Waals surface area contributed by atoms with Crippen molar-refractivity contribution in [3.8, 4) is 10.7 Å². The van der Waals surface area contributed by atoms with Crippen LogP contribution >= 0.6 is 11.3 Å². The third kappa shape index (κ3) is 3.79. The van der Waals surface area contributed by atoms with Gasteiger partial charge < -0.3 is 20.3 Å². The second-order valence-electron chi connectivity index (χ2n) is 10.6. The van der Waals surface area contributed by atoms with E-state index in [-0.39, 0.29) is 17.6 Å². The SMILES string of the molecule is Cc1cnc(-c2ccc3c(n2)CCCN3c2n[nH]c3nc(N4CCC5(CC4)CO[C@@H](C)[C@H]5N)cnc23)s1. The van der Waals surface area contributed by atoms with Crippen LogP contribution < -0.4 is 15.5 Å². The first kappa shape index (κ1) is 23.0. The van der Waals surface area contributed by atoms with E-state index in [1.807, 2.05) is 12.4 Å². The number of aryl methyl sites for hydroxylation is 2. The maximum absolute atomic E-state index is 6.50. The van der Waals surface area contributed by atoms with Gasteiger partial charge in [-0.1, -0.05) is 0 Å². The van der Waals surface area contributed by atoms with Gasteiger partial charge in [-0.3, -0.25) is 5.10 Å². The van der Waals surface area contributed by atoms with Crippen molar-refractivity contribution in [2.24, 2.45) is 11.1 Å². The Hall–Kier alpha value is -3.15. The standard InChI is InChI=1S/C26H31N9OS/c1-15-12-29-25(37-15)18-5-6-19-17(30-18)4-3-9-35(19)24-21-23(32-33-24)31-20(13-28-21)34-10-7-26(8-11-34)14-36-16(2)22(26)27/h5-6,12-13,16,22H,3-4,7-11,14,27H2,1-2H3,(H,31,32,33)/t16-,22+/m0/s1. The Morgan fingerprint density at radius 2 is 2.00 bits per heavy atom. The van der Waals surface area contributed by atoms with Crippen LogP contribution in [0.2, 0.25) is 0 Å². The van der Waals surface area contributed by atoms with Gasteiger partial charge in [0.2, 0.25) is 0 Å². The summed E-state index contributed by atoms with van der Waals surface area (Å²) in [6.07, 6.45) is 7.86. The first-order chi connectivity index (χ1) is 18.0. The van der Waals surface area contributed by atoms with Gasteiger partial charge in [0, 0.05) is 42.2 Å². The van der Waals surface area contributed by atoms with Gasteiger partial charge >= 0.3 is 0 Å². The van der Waals surface area contributed by atoms with Crippen LogP contribution in [-0.2, 0) is 11.2 Å². The molecule has 0 saturated carbocycles. The molecule has 2 fully saturated rings. The van der Waals surface area contributed by atoms with Crippen LogP contribution in [0, 0.1) is 12.3 Å². The summed E-state index contributed by atoms with van der Waals surface area (Å²) in [4.78, 5) is 24.9. The molecule has 2 saturated heterocycles. The van der Waals surface area contributed by atoms with Gasteiger partial charge in [0.05, 0.1) is 36.0 Å². The van der Waals surface area contributed by atoms with Gasteiger partial charge in [0.1, 0.15) is 10.8 Å². The molecule has 4 aromatic rings. The number of anilines is 3. The molecule has 0 radical (unpaired) electrons. The van der Waals surface area contributed by atoms with E-state index in [2.05, 4.69) is 51.0 Å². The van der Waals surface area contributed by atoms with Gasteiger partial charge in [0.25, 0.3) is 0 Å². The Bertz CT molecular complexity index is 1460. The first-order valence-electron chi connectivity index (χ1n) is 13.0. The number of fused-ring (bicyclic) bond motifs is 2. The number of thiazole rings is 1. The van der Waals surface area contributed by atoms with Gasteiger partial charge in [-0.2, -0.15) is 5.10 Å². The predicted octanol–water partition coefficient (Wildman–Crippen LogP) is 3.60. The second-order valence-corrected chi connectivity index (χ2v) is 11.8. The molecule has 0 amide bonds. The zero-order valence-corrected chi connectivity index (χ0v) is 22.0. The fourth-order valence-electron chi connectivity index (χ4n) is 6.04. The zero-order chi connectivity index (χ0) is 25.1. The summed E-state index contributed by atoms with van der Waals surface area (Å²) in [5, 5.41) is 8.75. The monoisotopic (exact) mass is 517 g/mol. The molecule has 192 valence electrons. The lowest BCUT2D eigenvalue weighted by atomic mass is 9.73. The third-order valence-corrected chi connectivity index (χ3v) is 9.24. The van der Waals surface area contributed by atoms with Crippen LogP contribution in [0.25, 0.3) is 21.9 Å². The molecule has 7 heterocycles. The Balaban J connectivity index is 1.14. The smallest absolute Gasteiger partial charge is 0.183 e. The minimum absolute atomic E-state index is 0.0859. The molecule has 0 bridgehead atoms. The molecular formula is C26H31N9OS. The van der Waals surface area contributed by atoms with Gasteiger partial charge in [-0.15, -0.1) is 11.3 Å². The number of nitrogens with one attached hydrogen (secondary N) is 1. The van der Waals surface area contributed by atoms with Crippen molar-refractivity contribution in [3.63, 3.8) is 0 Å². The average molecular weight is 518 g/mol. The van der Waals surface area contributed by atoms with Gasteiger partial charge in [-0.05, 0) is 51.7 Å². The molecule has 7 rings (SSSR count). The lowest BCUT2D eigenvalue weighted by Gasteiger charge is -2.41. The van der Waals surface area contributed by atoms with E-state index >= 15 is 0 Å². The van der Waals surface area contributed by atoms with Crippen LogP contribution in [0.15, 0.2) is 24.5 Å². The van der Waals surface area contributed by atoms with Crippen LogP contribution in [0.1, 0.15) is 36.8 Å². The highest BCUT2D eigenvalue weighted by atomic mass is 32.1. The van der Waals surface area contributed by atoms with E-state index in [4.69, 9.17) is 25.4 Å². The number of hydrogen-bond acceptors (Lipinski definition) is 10. The lowest BCUT2D eigenvalue weighted by molar-refractivity contribution is 0.0974. The summed E-state index contributed by atoms with van der Waals surface area (Å²) in [6.45, 7) is 7.57.